The normalized spacial score (nSPS) is 22.6. The number of carboxylic acid groups (broad SMARTS) is 1. The highest BCUT2D eigenvalue weighted by atomic mass is 16.5. The van der Waals surface area contributed by atoms with Crippen molar-refractivity contribution in [3.63, 3.8) is 0 Å². The molecule has 2 heterocycles. The second kappa shape index (κ2) is 7.23. The highest BCUT2D eigenvalue weighted by Gasteiger charge is 2.42. The average molecular weight is 362 g/mol. The van der Waals surface area contributed by atoms with Gasteiger partial charge in [-0.25, -0.2) is 4.79 Å². The molecule has 8 nitrogen and oxygen atoms in total. The molecule has 0 spiro atoms. The summed E-state index contributed by atoms with van der Waals surface area (Å²) in [7, 11) is 3.05. The standard InChI is InChI=1S/C18H22N2O6/c1-25-13-7-12(8-14(9-13)26-2)20-10-11(6-16(20)21)17(22)19-5-3-4-15(19)18(23)24/h7-9,11,15H,3-6,10H2,1-2H3,(H,23,24)/t11-,15-/m0/s1. The third kappa shape index (κ3) is 3.31. The Kier molecular flexibility index (Phi) is 5.01. The summed E-state index contributed by atoms with van der Waals surface area (Å²) < 4.78 is 10.5. The van der Waals surface area contributed by atoms with Gasteiger partial charge in [-0.15, -0.1) is 0 Å². The van der Waals surface area contributed by atoms with Crippen molar-refractivity contribution in [2.45, 2.75) is 25.3 Å². The first kappa shape index (κ1) is 18.0. The molecule has 0 bridgehead atoms. The zero-order chi connectivity index (χ0) is 18.8. The molecule has 2 fully saturated rings. The molecule has 1 N–H and O–H groups in total. The van der Waals surface area contributed by atoms with E-state index in [0.717, 1.165) is 0 Å². The second-order valence-corrected chi connectivity index (χ2v) is 6.50. The lowest BCUT2D eigenvalue weighted by Crippen LogP contribution is -2.44. The van der Waals surface area contributed by atoms with Crippen LogP contribution >= 0.6 is 0 Å². The predicted molar refractivity (Wildman–Crippen MR) is 92.4 cm³/mol. The lowest BCUT2D eigenvalue weighted by atomic mass is 10.1. The van der Waals surface area contributed by atoms with E-state index in [-0.39, 0.29) is 24.8 Å². The van der Waals surface area contributed by atoms with Crippen molar-refractivity contribution in [1.29, 1.82) is 0 Å². The molecule has 0 aliphatic carbocycles. The first-order valence-electron chi connectivity index (χ1n) is 8.51. The Bertz CT molecular complexity index is 712. The molecule has 1 aromatic rings. The van der Waals surface area contributed by atoms with Crippen LogP contribution in [0.3, 0.4) is 0 Å². The van der Waals surface area contributed by atoms with Crippen LogP contribution in [0.1, 0.15) is 19.3 Å². The van der Waals surface area contributed by atoms with Crippen molar-refractivity contribution in [1.82, 2.24) is 4.90 Å². The molecule has 1 aromatic carbocycles. The summed E-state index contributed by atoms with van der Waals surface area (Å²) in [6.07, 6.45) is 1.19. The summed E-state index contributed by atoms with van der Waals surface area (Å²) in [5.41, 5.74) is 0.595. The third-order valence-corrected chi connectivity index (χ3v) is 4.94. The number of anilines is 1. The van der Waals surface area contributed by atoms with Crippen LogP contribution in [-0.4, -0.2) is 61.1 Å². The van der Waals surface area contributed by atoms with Crippen molar-refractivity contribution in [3.8, 4) is 11.5 Å². The molecule has 3 rings (SSSR count). The maximum atomic E-state index is 12.8. The highest BCUT2D eigenvalue weighted by molar-refractivity contribution is 6.01. The van der Waals surface area contributed by atoms with Gasteiger partial charge in [-0.3, -0.25) is 9.59 Å². The molecular weight excluding hydrogens is 340 g/mol. The first-order chi connectivity index (χ1) is 12.4. The SMILES string of the molecule is COc1cc(OC)cc(N2C[C@@H](C(=O)N3CCC[C@H]3C(=O)O)CC2=O)c1. The van der Waals surface area contributed by atoms with Crippen molar-refractivity contribution >= 4 is 23.5 Å². The number of carbonyl (C=O) groups excluding carboxylic acids is 2. The van der Waals surface area contributed by atoms with Gasteiger partial charge in [0.05, 0.1) is 25.8 Å². The van der Waals surface area contributed by atoms with E-state index in [0.29, 0.717) is 36.6 Å². The lowest BCUT2D eigenvalue weighted by Gasteiger charge is -2.24. The van der Waals surface area contributed by atoms with E-state index in [2.05, 4.69) is 0 Å². The molecule has 0 radical (unpaired) electrons. The number of rotatable bonds is 5. The Balaban J connectivity index is 1.78. The fourth-order valence-corrected chi connectivity index (χ4v) is 3.59. The number of carboxylic acids is 1. The summed E-state index contributed by atoms with van der Waals surface area (Å²) in [5.74, 6) is -0.876. The molecule has 8 heteroatoms. The minimum absolute atomic E-state index is 0.0706. The number of nitrogens with zero attached hydrogens (tertiary/aromatic N) is 2. The van der Waals surface area contributed by atoms with Crippen molar-refractivity contribution in [2.75, 3.05) is 32.2 Å². The minimum Gasteiger partial charge on any atom is -0.497 e. The number of benzene rings is 1. The topological polar surface area (TPSA) is 96.4 Å². The van der Waals surface area contributed by atoms with Crippen LogP contribution in [-0.2, 0) is 14.4 Å². The number of hydrogen-bond donors (Lipinski definition) is 1. The largest absolute Gasteiger partial charge is 0.497 e. The molecule has 2 aliphatic heterocycles. The Morgan fingerprint density at radius 2 is 1.81 bits per heavy atom. The lowest BCUT2D eigenvalue weighted by molar-refractivity contribution is -0.149. The van der Waals surface area contributed by atoms with Crippen LogP contribution in [0.15, 0.2) is 18.2 Å². The Morgan fingerprint density at radius 3 is 2.38 bits per heavy atom. The van der Waals surface area contributed by atoms with Gasteiger partial charge in [-0.2, -0.15) is 0 Å². The number of hydrogen-bond acceptors (Lipinski definition) is 5. The average Bonchev–Trinajstić information content (AvgIpc) is 3.27. The van der Waals surface area contributed by atoms with Crippen molar-refractivity contribution < 1.29 is 29.0 Å². The van der Waals surface area contributed by atoms with Gasteiger partial charge in [-0.05, 0) is 12.8 Å². The maximum Gasteiger partial charge on any atom is 0.326 e. The van der Waals surface area contributed by atoms with Crippen molar-refractivity contribution in [3.05, 3.63) is 18.2 Å². The number of amides is 2. The number of methoxy groups -OCH3 is 2. The van der Waals surface area contributed by atoms with Crippen LogP contribution in [0.25, 0.3) is 0 Å². The van der Waals surface area contributed by atoms with E-state index in [1.165, 1.54) is 24.0 Å². The van der Waals surface area contributed by atoms with Crippen LogP contribution in [0.4, 0.5) is 5.69 Å². The molecule has 26 heavy (non-hydrogen) atoms. The fraction of sp³-hybridized carbons (Fsp3) is 0.500. The molecule has 0 aromatic heterocycles. The molecule has 0 saturated carbocycles. The van der Waals surface area contributed by atoms with E-state index in [9.17, 15) is 19.5 Å². The Morgan fingerprint density at radius 1 is 1.15 bits per heavy atom. The van der Waals surface area contributed by atoms with Gasteiger partial charge in [0.1, 0.15) is 17.5 Å². The van der Waals surface area contributed by atoms with Gasteiger partial charge in [0.2, 0.25) is 11.8 Å². The van der Waals surface area contributed by atoms with Gasteiger partial charge < -0.3 is 24.4 Å². The molecule has 2 saturated heterocycles. The summed E-state index contributed by atoms with van der Waals surface area (Å²) in [5, 5.41) is 9.27. The van der Waals surface area contributed by atoms with E-state index >= 15 is 0 Å². The number of carbonyl (C=O) groups is 3. The van der Waals surface area contributed by atoms with Crippen molar-refractivity contribution in [2.24, 2.45) is 5.92 Å². The summed E-state index contributed by atoms with van der Waals surface area (Å²) >= 11 is 0. The predicted octanol–water partition coefficient (Wildman–Crippen LogP) is 1.13. The quantitative estimate of drug-likeness (QED) is 0.844. The molecule has 2 atom stereocenters. The molecular formula is C18H22N2O6. The Hall–Kier alpha value is -2.77. The van der Waals surface area contributed by atoms with Gasteiger partial charge in [0, 0.05) is 37.7 Å². The minimum atomic E-state index is -0.991. The smallest absolute Gasteiger partial charge is 0.326 e. The van der Waals surface area contributed by atoms with Gasteiger partial charge in [0.25, 0.3) is 0 Å². The summed E-state index contributed by atoms with van der Waals surface area (Å²) in [4.78, 5) is 39.5. The van der Waals surface area contributed by atoms with E-state index in [1.54, 1.807) is 18.2 Å². The van der Waals surface area contributed by atoms with Gasteiger partial charge in [-0.1, -0.05) is 0 Å². The van der Waals surface area contributed by atoms with Crippen LogP contribution in [0, 0.1) is 5.92 Å². The molecule has 2 amide bonds. The third-order valence-electron chi connectivity index (χ3n) is 4.94. The molecule has 0 unspecified atom stereocenters. The highest BCUT2D eigenvalue weighted by Crippen LogP contribution is 2.33. The number of likely N-dealkylation sites (tertiary alicyclic amines) is 1. The van der Waals surface area contributed by atoms with E-state index in [1.807, 2.05) is 0 Å². The van der Waals surface area contributed by atoms with Gasteiger partial charge >= 0.3 is 5.97 Å². The maximum absolute atomic E-state index is 12.8. The zero-order valence-electron chi connectivity index (χ0n) is 14.8. The van der Waals surface area contributed by atoms with Crippen LogP contribution < -0.4 is 14.4 Å². The second-order valence-electron chi connectivity index (χ2n) is 6.50. The molecule has 140 valence electrons. The zero-order valence-corrected chi connectivity index (χ0v) is 14.8. The van der Waals surface area contributed by atoms with E-state index < -0.39 is 17.9 Å². The van der Waals surface area contributed by atoms with Crippen LogP contribution in [0.5, 0.6) is 11.5 Å². The fourth-order valence-electron chi connectivity index (χ4n) is 3.59. The number of ether oxygens (including phenoxy) is 2. The number of aliphatic carboxylic acids is 1. The van der Waals surface area contributed by atoms with Crippen LogP contribution in [0.2, 0.25) is 0 Å². The first-order valence-corrected chi connectivity index (χ1v) is 8.51. The van der Waals surface area contributed by atoms with Gasteiger partial charge in [0.15, 0.2) is 0 Å². The monoisotopic (exact) mass is 362 g/mol. The van der Waals surface area contributed by atoms with E-state index in [4.69, 9.17) is 9.47 Å². The summed E-state index contributed by atoms with van der Waals surface area (Å²) in [6.45, 7) is 0.643. The summed E-state index contributed by atoms with van der Waals surface area (Å²) in [6, 6.07) is 4.34. The Labute approximate surface area is 151 Å². The molecule has 2 aliphatic rings.